The van der Waals surface area contributed by atoms with Crippen LogP contribution in [0.2, 0.25) is 0 Å². The molecule has 2 aliphatic rings. The van der Waals surface area contributed by atoms with Crippen molar-refractivity contribution in [3.8, 4) is 0 Å². The Morgan fingerprint density at radius 2 is 1.83 bits per heavy atom. The van der Waals surface area contributed by atoms with Crippen molar-refractivity contribution >= 4 is 12.0 Å². The molecule has 2 saturated heterocycles. The number of carbonyl (C=O) groups is 1. The van der Waals surface area contributed by atoms with E-state index in [0.717, 1.165) is 38.9 Å². The van der Waals surface area contributed by atoms with Gasteiger partial charge in [0.25, 0.3) is 0 Å². The standard InChI is InChI=1S/C21H30N2O/c1-17-7-3-4-8-19(17)11-10-18-12-15-23(16-13-18)21(24)20-9-5-6-14-22(20)2/h3-4,7-8,10-11,18,20H,5-6,9,12-16H2,1-2H3. The van der Waals surface area contributed by atoms with Gasteiger partial charge in [-0.25, -0.2) is 0 Å². The maximum absolute atomic E-state index is 12.8. The maximum atomic E-state index is 12.8. The number of hydrogen-bond acceptors (Lipinski definition) is 2. The zero-order valence-corrected chi connectivity index (χ0v) is 15.1. The van der Waals surface area contributed by atoms with Gasteiger partial charge in [-0.3, -0.25) is 9.69 Å². The number of aryl methyl sites for hydroxylation is 1. The fourth-order valence-corrected chi connectivity index (χ4v) is 3.92. The van der Waals surface area contributed by atoms with Crippen molar-refractivity contribution in [2.75, 3.05) is 26.7 Å². The van der Waals surface area contributed by atoms with Crippen LogP contribution < -0.4 is 0 Å². The van der Waals surface area contributed by atoms with Gasteiger partial charge in [-0.1, -0.05) is 42.8 Å². The van der Waals surface area contributed by atoms with Gasteiger partial charge in [0.1, 0.15) is 0 Å². The first-order valence-electron chi connectivity index (χ1n) is 9.38. The van der Waals surface area contributed by atoms with E-state index in [4.69, 9.17) is 0 Å². The highest BCUT2D eigenvalue weighted by Crippen LogP contribution is 2.23. The third-order valence-corrected chi connectivity index (χ3v) is 5.64. The molecule has 2 aliphatic heterocycles. The van der Waals surface area contributed by atoms with Gasteiger partial charge in [0.05, 0.1) is 6.04 Å². The molecular weight excluding hydrogens is 296 g/mol. The highest BCUT2D eigenvalue weighted by molar-refractivity contribution is 5.82. The van der Waals surface area contributed by atoms with Crippen LogP contribution in [0, 0.1) is 12.8 Å². The largest absolute Gasteiger partial charge is 0.341 e. The summed E-state index contributed by atoms with van der Waals surface area (Å²) in [5.41, 5.74) is 2.63. The number of carbonyl (C=O) groups excluding carboxylic acids is 1. The molecule has 0 bridgehead atoms. The molecule has 2 fully saturated rings. The summed E-state index contributed by atoms with van der Waals surface area (Å²) >= 11 is 0. The molecule has 3 rings (SSSR count). The molecule has 3 heteroatoms. The number of hydrogen-bond donors (Lipinski definition) is 0. The average molecular weight is 326 g/mol. The Kier molecular flexibility index (Phi) is 5.72. The Balaban J connectivity index is 1.52. The number of allylic oxidation sites excluding steroid dienone is 1. The van der Waals surface area contributed by atoms with E-state index in [0.29, 0.717) is 11.8 Å². The lowest BCUT2D eigenvalue weighted by atomic mass is 9.93. The molecule has 1 atom stereocenters. The van der Waals surface area contributed by atoms with E-state index >= 15 is 0 Å². The van der Waals surface area contributed by atoms with Gasteiger partial charge in [-0.2, -0.15) is 0 Å². The molecule has 1 amide bonds. The summed E-state index contributed by atoms with van der Waals surface area (Å²) in [4.78, 5) is 17.1. The molecule has 130 valence electrons. The second-order valence-electron chi connectivity index (χ2n) is 7.37. The molecule has 1 aromatic rings. The molecule has 0 aliphatic carbocycles. The lowest BCUT2D eigenvalue weighted by Crippen LogP contribution is -2.51. The van der Waals surface area contributed by atoms with Crippen LogP contribution in [-0.2, 0) is 4.79 Å². The van der Waals surface area contributed by atoms with Crippen LogP contribution in [0.15, 0.2) is 30.3 Å². The summed E-state index contributed by atoms with van der Waals surface area (Å²) < 4.78 is 0. The Morgan fingerprint density at radius 3 is 2.54 bits per heavy atom. The molecule has 2 heterocycles. The number of piperidine rings is 2. The molecule has 0 N–H and O–H groups in total. The number of likely N-dealkylation sites (N-methyl/N-ethyl adjacent to an activating group) is 1. The Labute approximate surface area is 146 Å². The van der Waals surface area contributed by atoms with Crippen molar-refractivity contribution in [1.82, 2.24) is 9.80 Å². The van der Waals surface area contributed by atoms with Crippen LogP contribution >= 0.6 is 0 Å². The topological polar surface area (TPSA) is 23.6 Å². The van der Waals surface area contributed by atoms with Gasteiger partial charge >= 0.3 is 0 Å². The monoisotopic (exact) mass is 326 g/mol. The lowest BCUT2D eigenvalue weighted by Gasteiger charge is -2.38. The first-order valence-corrected chi connectivity index (χ1v) is 9.38. The summed E-state index contributed by atoms with van der Waals surface area (Å²) in [6.45, 7) is 5.03. The summed E-state index contributed by atoms with van der Waals surface area (Å²) in [5, 5.41) is 0. The smallest absolute Gasteiger partial charge is 0.239 e. The zero-order chi connectivity index (χ0) is 16.9. The van der Waals surface area contributed by atoms with Crippen molar-refractivity contribution in [2.24, 2.45) is 5.92 Å². The lowest BCUT2D eigenvalue weighted by molar-refractivity contribution is -0.138. The third kappa shape index (κ3) is 4.07. The van der Waals surface area contributed by atoms with Gasteiger partial charge in [-0.05, 0) is 63.2 Å². The van der Waals surface area contributed by atoms with E-state index in [-0.39, 0.29) is 6.04 Å². The molecule has 0 spiro atoms. The molecule has 1 aromatic carbocycles. The normalized spacial score (nSPS) is 23.8. The van der Waals surface area contributed by atoms with Crippen LogP contribution in [0.3, 0.4) is 0 Å². The Hall–Kier alpha value is -1.61. The number of likely N-dealkylation sites (tertiary alicyclic amines) is 2. The Bertz CT molecular complexity index is 587. The molecule has 0 saturated carbocycles. The van der Waals surface area contributed by atoms with E-state index in [1.165, 1.54) is 24.0 Å². The predicted octanol–water partition coefficient (Wildman–Crippen LogP) is 3.73. The number of nitrogens with zero attached hydrogens (tertiary/aromatic N) is 2. The van der Waals surface area contributed by atoms with E-state index in [1.54, 1.807) is 0 Å². The summed E-state index contributed by atoms with van der Waals surface area (Å²) in [6, 6.07) is 8.62. The second-order valence-corrected chi connectivity index (χ2v) is 7.37. The molecule has 3 nitrogen and oxygen atoms in total. The van der Waals surface area contributed by atoms with E-state index < -0.39 is 0 Å². The summed E-state index contributed by atoms with van der Waals surface area (Å²) in [6.07, 6.45) is 10.2. The summed E-state index contributed by atoms with van der Waals surface area (Å²) in [5.74, 6) is 0.955. The fourth-order valence-electron chi connectivity index (χ4n) is 3.92. The van der Waals surface area contributed by atoms with Crippen molar-refractivity contribution in [1.29, 1.82) is 0 Å². The number of amides is 1. The SMILES string of the molecule is Cc1ccccc1C=CC1CCN(C(=O)C2CCCCN2C)CC1. The predicted molar refractivity (Wildman–Crippen MR) is 99.8 cm³/mol. The number of rotatable bonds is 3. The van der Waals surface area contributed by atoms with Crippen molar-refractivity contribution in [3.63, 3.8) is 0 Å². The molecule has 24 heavy (non-hydrogen) atoms. The van der Waals surface area contributed by atoms with Crippen LogP contribution in [0.25, 0.3) is 6.08 Å². The molecule has 1 unspecified atom stereocenters. The first-order chi connectivity index (χ1) is 11.6. The van der Waals surface area contributed by atoms with E-state index in [1.807, 2.05) is 0 Å². The van der Waals surface area contributed by atoms with Crippen LogP contribution in [0.5, 0.6) is 0 Å². The number of benzene rings is 1. The minimum absolute atomic E-state index is 0.123. The Morgan fingerprint density at radius 1 is 1.08 bits per heavy atom. The minimum Gasteiger partial charge on any atom is -0.341 e. The van der Waals surface area contributed by atoms with E-state index in [9.17, 15) is 4.79 Å². The van der Waals surface area contributed by atoms with Gasteiger partial charge in [0.2, 0.25) is 5.91 Å². The van der Waals surface area contributed by atoms with Gasteiger partial charge < -0.3 is 4.90 Å². The van der Waals surface area contributed by atoms with Gasteiger partial charge in [0.15, 0.2) is 0 Å². The molecular formula is C21H30N2O. The highest BCUT2D eigenvalue weighted by Gasteiger charge is 2.31. The first kappa shape index (κ1) is 17.2. The van der Waals surface area contributed by atoms with Crippen LogP contribution in [0.4, 0.5) is 0 Å². The molecule has 0 aromatic heterocycles. The van der Waals surface area contributed by atoms with Crippen molar-refractivity contribution in [2.45, 2.75) is 45.1 Å². The summed E-state index contributed by atoms with van der Waals surface area (Å²) in [7, 11) is 2.10. The quantitative estimate of drug-likeness (QED) is 0.845. The third-order valence-electron chi connectivity index (χ3n) is 5.64. The van der Waals surface area contributed by atoms with Crippen molar-refractivity contribution in [3.05, 3.63) is 41.5 Å². The fraction of sp³-hybridized carbons (Fsp3) is 0.571. The van der Waals surface area contributed by atoms with Gasteiger partial charge in [-0.15, -0.1) is 0 Å². The maximum Gasteiger partial charge on any atom is 0.239 e. The van der Waals surface area contributed by atoms with E-state index in [2.05, 4.69) is 60.2 Å². The van der Waals surface area contributed by atoms with Crippen molar-refractivity contribution < 1.29 is 4.79 Å². The highest BCUT2D eigenvalue weighted by atomic mass is 16.2. The van der Waals surface area contributed by atoms with Crippen LogP contribution in [-0.4, -0.2) is 48.4 Å². The van der Waals surface area contributed by atoms with Crippen LogP contribution in [0.1, 0.15) is 43.2 Å². The zero-order valence-electron chi connectivity index (χ0n) is 15.1. The second kappa shape index (κ2) is 7.98. The molecule has 0 radical (unpaired) electrons. The van der Waals surface area contributed by atoms with Gasteiger partial charge in [0, 0.05) is 13.1 Å². The average Bonchev–Trinajstić information content (AvgIpc) is 2.61. The minimum atomic E-state index is 0.123.